The third-order valence-electron chi connectivity index (χ3n) is 2.28. The minimum absolute atomic E-state index is 0.253. The normalized spacial score (nSPS) is 12.0. The maximum absolute atomic E-state index is 12.0. The fourth-order valence-corrected chi connectivity index (χ4v) is 1.52. The average Bonchev–Trinajstić information content (AvgIpc) is 2.58. The van der Waals surface area contributed by atoms with E-state index >= 15 is 0 Å². The molecule has 2 rings (SSSR count). The second-order valence-electron chi connectivity index (χ2n) is 3.70. The summed E-state index contributed by atoms with van der Waals surface area (Å²) in [5.74, 6) is 0.601. The number of fused-ring (bicyclic) bond motifs is 1. The van der Waals surface area contributed by atoms with Crippen molar-refractivity contribution in [2.24, 2.45) is 0 Å². The van der Waals surface area contributed by atoms with Crippen molar-refractivity contribution in [3.8, 4) is 0 Å². The topological polar surface area (TPSA) is 75.1 Å². The third kappa shape index (κ3) is 2.60. The van der Waals surface area contributed by atoms with Gasteiger partial charge in [-0.05, 0) is 6.92 Å². The maximum Gasteiger partial charge on any atom is 0.390 e. The number of hydrogen-bond donors (Lipinski definition) is 2. The smallest absolute Gasteiger partial charge is 0.370 e. The van der Waals surface area contributed by atoms with Gasteiger partial charge in [-0.3, -0.25) is 0 Å². The molecule has 0 aliphatic carbocycles. The van der Waals surface area contributed by atoms with Crippen molar-refractivity contribution >= 4 is 11.5 Å². The van der Waals surface area contributed by atoms with Gasteiger partial charge in [0, 0.05) is 12.6 Å². The number of H-pyrrole nitrogens is 1. The highest BCUT2D eigenvalue weighted by atomic mass is 19.4. The molecule has 6 nitrogen and oxygen atoms in total. The van der Waals surface area contributed by atoms with E-state index in [1.165, 1.54) is 10.5 Å². The van der Waals surface area contributed by atoms with Crippen LogP contribution in [-0.4, -0.2) is 32.3 Å². The van der Waals surface area contributed by atoms with E-state index in [0.29, 0.717) is 11.5 Å². The number of nitrogens with one attached hydrogen (secondary N) is 2. The predicted octanol–water partition coefficient (Wildman–Crippen LogP) is 1.09. The molecule has 0 saturated carbocycles. The molecular formula is C9H10F3N5O. The van der Waals surface area contributed by atoms with Crippen LogP contribution in [0.4, 0.5) is 19.0 Å². The van der Waals surface area contributed by atoms with Gasteiger partial charge in [0.05, 0.1) is 6.42 Å². The van der Waals surface area contributed by atoms with Crippen molar-refractivity contribution in [3.05, 3.63) is 22.4 Å². The number of rotatable bonds is 3. The molecule has 0 aromatic carbocycles. The van der Waals surface area contributed by atoms with E-state index in [0.717, 1.165) is 0 Å². The first-order chi connectivity index (χ1) is 8.37. The van der Waals surface area contributed by atoms with Crippen LogP contribution >= 0.6 is 0 Å². The summed E-state index contributed by atoms with van der Waals surface area (Å²) in [4.78, 5) is 15.3. The summed E-state index contributed by atoms with van der Waals surface area (Å²) in [5, 5.41) is 8.50. The highest BCUT2D eigenvalue weighted by Gasteiger charge is 2.26. The van der Waals surface area contributed by atoms with Crippen LogP contribution in [0.2, 0.25) is 0 Å². The molecule has 0 radical (unpaired) electrons. The van der Waals surface area contributed by atoms with E-state index in [1.54, 1.807) is 6.92 Å². The SMILES string of the molecule is Cc1nc(NCCC(F)(F)F)cc2n[nH]c(=O)n12. The Labute approximate surface area is 98.8 Å². The molecule has 0 unspecified atom stereocenters. The van der Waals surface area contributed by atoms with Crippen LogP contribution in [0.5, 0.6) is 0 Å². The van der Waals surface area contributed by atoms with Crippen LogP contribution in [0.3, 0.4) is 0 Å². The molecule has 0 spiro atoms. The van der Waals surface area contributed by atoms with Crippen molar-refractivity contribution in [2.45, 2.75) is 19.5 Å². The van der Waals surface area contributed by atoms with E-state index < -0.39 is 18.3 Å². The maximum atomic E-state index is 12.0. The van der Waals surface area contributed by atoms with Crippen molar-refractivity contribution < 1.29 is 13.2 Å². The van der Waals surface area contributed by atoms with Gasteiger partial charge >= 0.3 is 11.9 Å². The van der Waals surface area contributed by atoms with Crippen molar-refractivity contribution in [1.82, 2.24) is 19.6 Å². The standard InChI is InChI=1S/C9H10F3N5O/c1-5-14-6(13-3-2-9(10,11)12)4-7-15-16-8(18)17(5)7/h4,13H,2-3H2,1H3,(H,16,18). The Morgan fingerprint density at radius 1 is 1.50 bits per heavy atom. The number of aryl methyl sites for hydroxylation is 1. The van der Waals surface area contributed by atoms with E-state index in [1.807, 2.05) is 0 Å². The first kappa shape index (κ1) is 12.4. The molecule has 0 aliphatic heterocycles. The van der Waals surface area contributed by atoms with Crippen LogP contribution in [0.15, 0.2) is 10.9 Å². The zero-order valence-corrected chi connectivity index (χ0v) is 9.38. The molecule has 0 saturated heterocycles. The number of aromatic nitrogens is 4. The lowest BCUT2D eigenvalue weighted by Gasteiger charge is -2.09. The Balaban J connectivity index is 2.18. The van der Waals surface area contributed by atoms with Gasteiger partial charge in [0.1, 0.15) is 11.6 Å². The van der Waals surface area contributed by atoms with Crippen LogP contribution in [0, 0.1) is 6.92 Å². The Kier molecular flexibility index (Phi) is 2.97. The molecule has 98 valence electrons. The minimum Gasteiger partial charge on any atom is -0.370 e. The molecule has 0 aliphatic rings. The molecule has 0 fully saturated rings. The summed E-state index contributed by atoms with van der Waals surface area (Å²) in [6.07, 6.45) is -5.16. The predicted molar refractivity (Wildman–Crippen MR) is 57.5 cm³/mol. The van der Waals surface area contributed by atoms with Gasteiger partial charge in [-0.1, -0.05) is 0 Å². The average molecular weight is 261 g/mol. The van der Waals surface area contributed by atoms with E-state index in [9.17, 15) is 18.0 Å². The highest BCUT2D eigenvalue weighted by Crippen LogP contribution is 2.19. The Morgan fingerprint density at radius 3 is 2.89 bits per heavy atom. The van der Waals surface area contributed by atoms with Gasteiger partial charge in [-0.15, -0.1) is 0 Å². The Bertz CT molecular complexity index is 615. The number of hydrogen-bond acceptors (Lipinski definition) is 4. The number of nitrogens with zero attached hydrogens (tertiary/aromatic N) is 3. The van der Waals surface area contributed by atoms with Crippen LogP contribution in [0.1, 0.15) is 12.2 Å². The molecule has 9 heteroatoms. The summed E-state index contributed by atoms with van der Waals surface area (Å²) in [6, 6.07) is 1.40. The Hall–Kier alpha value is -2.06. The molecule has 2 N–H and O–H groups in total. The summed E-state index contributed by atoms with van der Waals surface area (Å²) < 4.78 is 37.1. The number of halogens is 3. The van der Waals surface area contributed by atoms with Crippen molar-refractivity contribution in [3.63, 3.8) is 0 Å². The van der Waals surface area contributed by atoms with Gasteiger partial charge in [-0.25, -0.2) is 19.3 Å². The summed E-state index contributed by atoms with van der Waals surface area (Å²) in [6.45, 7) is 1.29. The minimum atomic E-state index is -4.21. The van der Waals surface area contributed by atoms with Gasteiger partial charge in [0.15, 0.2) is 5.65 Å². The lowest BCUT2D eigenvalue weighted by molar-refractivity contribution is -0.131. The molecular weight excluding hydrogens is 251 g/mol. The van der Waals surface area contributed by atoms with Crippen molar-refractivity contribution in [2.75, 3.05) is 11.9 Å². The van der Waals surface area contributed by atoms with E-state index in [-0.39, 0.29) is 12.4 Å². The van der Waals surface area contributed by atoms with Gasteiger partial charge in [-0.2, -0.15) is 18.3 Å². The molecule has 2 heterocycles. The third-order valence-corrected chi connectivity index (χ3v) is 2.28. The molecule has 2 aromatic rings. The second kappa shape index (κ2) is 4.31. The first-order valence-electron chi connectivity index (χ1n) is 5.12. The van der Waals surface area contributed by atoms with Crippen molar-refractivity contribution in [1.29, 1.82) is 0 Å². The molecule has 2 aromatic heterocycles. The number of anilines is 1. The first-order valence-corrected chi connectivity index (χ1v) is 5.12. The van der Waals surface area contributed by atoms with Gasteiger partial charge in [0.25, 0.3) is 0 Å². The fraction of sp³-hybridized carbons (Fsp3) is 0.444. The monoisotopic (exact) mass is 261 g/mol. The van der Waals surface area contributed by atoms with Crippen LogP contribution in [0.25, 0.3) is 5.65 Å². The number of aromatic amines is 1. The summed E-state index contributed by atoms with van der Waals surface area (Å²) >= 11 is 0. The molecule has 0 amide bonds. The molecule has 0 bridgehead atoms. The van der Waals surface area contributed by atoms with Gasteiger partial charge in [0.2, 0.25) is 0 Å². The lowest BCUT2D eigenvalue weighted by atomic mass is 10.4. The highest BCUT2D eigenvalue weighted by molar-refractivity contribution is 5.49. The number of alkyl halides is 3. The lowest BCUT2D eigenvalue weighted by Crippen LogP contribution is -2.17. The quantitative estimate of drug-likeness (QED) is 0.867. The fourth-order valence-electron chi connectivity index (χ4n) is 1.52. The summed E-state index contributed by atoms with van der Waals surface area (Å²) in [7, 11) is 0. The zero-order chi connectivity index (χ0) is 13.3. The molecule has 0 atom stereocenters. The largest absolute Gasteiger partial charge is 0.390 e. The summed E-state index contributed by atoms with van der Waals surface area (Å²) in [5.41, 5.74) is -0.126. The Morgan fingerprint density at radius 2 is 2.22 bits per heavy atom. The zero-order valence-electron chi connectivity index (χ0n) is 9.38. The van der Waals surface area contributed by atoms with Crippen LogP contribution < -0.4 is 11.0 Å². The van der Waals surface area contributed by atoms with Crippen LogP contribution in [-0.2, 0) is 0 Å². The van der Waals surface area contributed by atoms with E-state index in [2.05, 4.69) is 20.5 Å². The van der Waals surface area contributed by atoms with Gasteiger partial charge < -0.3 is 5.32 Å². The second-order valence-corrected chi connectivity index (χ2v) is 3.70. The van der Waals surface area contributed by atoms with E-state index in [4.69, 9.17) is 0 Å². The molecule has 18 heavy (non-hydrogen) atoms.